The van der Waals surface area contributed by atoms with Gasteiger partial charge in [0.2, 0.25) is 0 Å². The van der Waals surface area contributed by atoms with Gasteiger partial charge in [0.05, 0.1) is 31.6 Å². The van der Waals surface area contributed by atoms with Gasteiger partial charge >= 0.3 is 0 Å². The number of nitrogens with zero attached hydrogens (tertiary/aromatic N) is 6. The van der Waals surface area contributed by atoms with Crippen molar-refractivity contribution < 1.29 is 9.15 Å². The molecule has 0 saturated heterocycles. The minimum absolute atomic E-state index is 0.180. The summed E-state index contributed by atoms with van der Waals surface area (Å²) in [6.45, 7) is 3.26. The topological polar surface area (TPSA) is 95.8 Å². The molecule has 0 bridgehead atoms. The SMILES string of the molecule is COc1ccc2cc(CNc3ncnc4nn(Cc5ccc(C(C)n6cccn6)cc5)cc34)oc2c1. The Morgan fingerprint density at radius 1 is 1.08 bits per heavy atom. The van der Waals surface area contributed by atoms with Gasteiger partial charge in [-0.25, -0.2) is 9.97 Å². The number of nitrogens with one attached hydrogen (secondary N) is 1. The molecule has 4 aromatic heterocycles. The zero-order valence-corrected chi connectivity index (χ0v) is 20.0. The summed E-state index contributed by atoms with van der Waals surface area (Å²) in [4.78, 5) is 8.78. The van der Waals surface area contributed by atoms with E-state index in [2.05, 4.69) is 56.7 Å². The quantitative estimate of drug-likeness (QED) is 0.326. The first-order valence-corrected chi connectivity index (χ1v) is 11.7. The van der Waals surface area contributed by atoms with Gasteiger partial charge in [-0.05, 0) is 42.3 Å². The van der Waals surface area contributed by atoms with E-state index in [1.165, 1.54) is 11.9 Å². The molecule has 0 saturated carbocycles. The summed E-state index contributed by atoms with van der Waals surface area (Å²) >= 11 is 0. The zero-order chi connectivity index (χ0) is 24.5. The number of ether oxygens (including phenoxy) is 1. The second-order valence-corrected chi connectivity index (χ2v) is 8.66. The highest BCUT2D eigenvalue weighted by Gasteiger charge is 2.12. The first-order valence-electron chi connectivity index (χ1n) is 11.7. The Bertz CT molecular complexity index is 1620. The van der Waals surface area contributed by atoms with Crippen molar-refractivity contribution >= 4 is 27.8 Å². The third-order valence-electron chi connectivity index (χ3n) is 6.30. The molecule has 9 nitrogen and oxygen atoms in total. The van der Waals surface area contributed by atoms with E-state index < -0.39 is 0 Å². The third-order valence-corrected chi connectivity index (χ3v) is 6.30. The van der Waals surface area contributed by atoms with E-state index in [-0.39, 0.29) is 6.04 Å². The molecule has 1 unspecified atom stereocenters. The molecule has 180 valence electrons. The fourth-order valence-corrected chi connectivity index (χ4v) is 4.31. The molecule has 0 aliphatic rings. The molecule has 6 rings (SSSR count). The number of methoxy groups -OCH3 is 1. The summed E-state index contributed by atoms with van der Waals surface area (Å²) in [7, 11) is 1.64. The Hall–Kier alpha value is -4.66. The number of aromatic nitrogens is 6. The second-order valence-electron chi connectivity index (χ2n) is 8.66. The van der Waals surface area contributed by atoms with Crippen molar-refractivity contribution in [2.24, 2.45) is 0 Å². The van der Waals surface area contributed by atoms with E-state index in [0.29, 0.717) is 24.6 Å². The Morgan fingerprint density at radius 2 is 1.97 bits per heavy atom. The van der Waals surface area contributed by atoms with E-state index in [9.17, 15) is 0 Å². The van der Waals surface area contributed by atoms with Gasteiger partial charge in [0.15, 0.2) is 5.65 Å². The molecule has 0 radical (unpaired) electrons. The Kier molecular flexibility index (Phi) is 5.57. The summed E-state index contributed by atoms with van der Waals surface area (Å²) in [5.74, 6) is 2.29. The van der Waals surface area contributed by atoms with E-state index in [1.807, 2.05) is 52.1 Å². The first-order chi connectivity index (χ1) is 17.7. The van der Waals surface area contributed by atoms with Crippen molar-refractivity contribution in [2.75, 3.05) is 12.4 Å². The van der Waals surface area contributed by atoms with Crippen LogP contribution in [0.3, 0.4) is 0 Å². The summed E-state index contributed by atoms with van der Waals surface area (Å²) in [5.41, 5.74) is 3.79. The van der Waals surface area contributed by atoms with Crippen LogP contribution < -0.4 is 10.1 Å². The van der Waals surface area contributed by atoms with Gasteiger partial charge in [-0.15, -0.1) is 0 Å². The van der Waals surface area contributed by atoms with Crippen LogP contribution in [-0.4, -0.2) is 36.6 Å². The van der Waals surface area contributed by atoms with Crippen LogP contribution in [0.1, 0.15) is 29.9 Å². The monoisotopic (exact) mass is 479 g/mol. The van der Waals surface area contributed by atoms with Crippen LogP contribution in [-0.2, 0) is 13.1 Å². The molecule has 0 amide bonds. The minimum Gasteiger partial charge on any atom is -0.497 e. The highest BCUT2D eigenvalue weighted by molar-refractivity contribution is 5.85. The van der Waals surface area contributed by atoms with Gasteiger partial charge < -0.3 is 14.5 Å². The maximum atomic E-state index is 5.97. The van der Waals surface area contributed by atoms with Crippen LogP contribution in [0.15, 0.2) is 83.9 Å². The van der Waals surface area contributed by atoms with Crippen molar-refractivity contribution in [3.05, 3.63) is 96.4 Å². The van der Waals surface area contributed by atoms with Crippen molar-refractivity contribution in [2.45, 2.75) is 26.1 Å². The average Bonchev–Trinajstić information content (AvgIpc) is 3.66. The molecule has 0 spiro atoms. The summed E-state index contributed by atoms with van der Waals surface area (Å²) < 4.78 is 15.1. The van der Waals surface area contributed by atoms with Crippen LogP contribution in [0.4, 0.5) is 5.82 Å². The van der Waals surface area contributed by atoms with Gasteiger partial charge in [0, 0.05) is 30.0 Å². The lowest BCUT2D eigenvalue weighted by atomic mass is 10.1. The fraction of sp³-hybridized carbons (Fsp3) is 0.185. The lowest BCUT2D eigenvalue weighted by Gasteiger charge is -2.13. The normalized spacial score (nSPS) is 12.3. The van der Waals surface area contributed by atoms with Crippen LogP contribution in [0.2, 0.25) is 0 Å². The van der Waals surface area contributed by atoms with E-state index in [0.717, 1.165) is 33.4 Å². The molecular weight excluding hydrogens is 454 g/mol. The largest absolute Gasteiger partial charge is 0.497 e. The second kappa shape index (κ2) is 9.18. The third kappa shape index (κ3) is 4.26. The van der Waals surface area contributed by atoms with Crippen molar-refractivity contribution in [1.82, 2.24) is 29.5 Å². The van der Waals surface area contributed by atoms with Crippen LogP contribution in [0, 0.1) is 0 Å². The highest BCUT2D eigenvalue weighted by Crippen LogP contribution is 2.26. The molecular formula is C27H25N7O2. The summed E-state index contributed by atoms with van der Waals surface area (Å²) in [5, 5.41) is 14.2. The average molecular weight is 480 g/mol. The maximum absolute atomic E-state index is 5.97. The van der Waals surface area contributed by atoms with Gasteiger partial charge in [0.25, 0.3) is 0 Å². The highest BCUT2D eigenvalue weighted by atomic mass is 16.5. The molecule has 0 fully saturated rings. The fourth-order valence-electron chi connectivity index (χ4n) is 4.31. The number of hydrogen-bond acceptors (Lipinski definition) is 7. The summed E-state index contributed by atoms with van der Waals surface area (Å²) in [6.07, 6.45) is 7.28. The molecule has 36 heavy (non-hydrogen) atoms. The predicted octanol–water partition coefficient (Wildman–Crippen LogP) is 5.05. The molecule has 1 N–H and O–H groups in total. The Labute approximate surface area is 207 Å². The van der Waals surface area contributed by atoms with E-state index in [4.69, 9.17) is 9.15 Å². The molecule has 0 aliphatic carbocycles. The standard InChI is InChI=1S/C27H25N7O2/c1-18(34-11-3-10-31-34)20-6-4-19(5-7-20)15-33-16-24-26(29-17-30-27(24)32-33)28-14-23-12-21-8-9-22(35-2)13-25(21)36-23/h3-13,16-18H,14-15H2,1-2H3,(H,28,29,30,32). The maximum Gasteiger partial charge on any atom is 0.186 e. The van der Waals surface area contributed by atoms with Crippen molar-refractivity contribution in [1.29, 1.82) is 0 Å². The lowest BCUT2D eigenvalue weighted by Crippen LogP contribution is -2.07. The molecule has 4 heterocycles. The molecule has 9 heteroatoms. The van der Waals surface area contributed by atoms with Gasteiger partial charge in [-0.2, -0.15) is 10.2 Å². The van der Waals surface area contributed by atoms with Gasteiger partial charge in [-0.1, -0.05) is 24.3 Å². The number of fused-ring (bicyclic) bond motifs is 2. The number of benzene rings is 2. The summed E-state index contributed by atoms with van der Waals surface area (Å²) in [6, 6.07) is 18.5. The van der Waals surface area contributed by atoms with Gasteiger partial charge in [0.1, 0.15) is 29.2 Å². The zero-order valence-electron chi connectivity index (χ0n) is 20.0. The Balaban J connectivity index is 1.17. The number of furan rings is 1. The lowest BCUT2D eigenvalue weighted by molar-refractivity contribution is 0.414. The van der Waals surface area contributed by atoms with Crippen molar-refractivity contribution in [3.8, 4) is 5.75 Å². The van der Waals surface area contributed by atoms with Crippen LogP contribution >= 0.6 is 0 Å². The van der Waals surface area contributed by atoms with Crippen molar-refractivity contribution in [3.63, 3.8) is 0 Å². The molecule has 2 aromatic carbocycles. The first kappa shape index (κ1) is 21.8. The molecule has 6 aromatic rings. The number of rotatable bonds is 8. The van der Waals surface area contributed by atoms with Crippen LogP contribution in [0.25, 0.3) is 22.0 Å². The molecule has 1 atom stereocenters. The minimum atomic E-state index is 0.180. The van der Waals surface area contributed by atoms with Crippen LogP contribution in [0.5, 0.6) is 5.75 Å². The number of hydrogen-bond donors (Lipinski definition) is 1. The van der Waals surface area contributed by atoms with E-state index in [1.54, 1.807) is 13.3 Å². The Morgan fingerprint density at radius 3 is 2.78 bits per heavy atom. The predicted molar refractivity (Wildman–Crippen MR) is 137 cm³/mol. The molecule has 0 aliphatic heterocycles. The van der Waals surface area contributed by atoms with E-state index >= 15 is 0 Å². The smallest absolute Gasteiger partial charge is 0.186 e. The van der Waals surface area contributed by atoms with Gasteiger partial charge in [-0.3, -0.25) is 9.36 Å². The number of anilines is 1.